The van der Waals surface area contributed by atoms with Gasteiger partial charge in [0.1, 0.15) is 5.60 Å². The molecule has 1 heterocycles. The van der Waals surface area contributed by atoms with E-state index in [1.807, 2.05) is 6.92 Å². The highest BCUT2D eigenvalue weighted by Gasteiger charge is 2.79. The molecular weight excluding hydrogens is 508 g/mol. The highest BCUT2D eigenvalue weighted by Crippen LogP contribution is 2.77. The summed E-state index contributed by atoms with van der Waals surface area (Å²) >= 11 is 4.16. The Balaban J connectivity index is 1.45. The normalized spacial score (nSPS) is 60.6. The van der Waals surface area contributed by atoms with E-state index in [0.29, 0.717) is 18.3 Å². The van der Waals surface area contributed by atoms with Gasteiger partial charge in [-0.15, -0.1) is 0 Å². The molecule has 0 aromatic rings. The molecule has 1 saturated heterocycles. The van der Waals surface area contributed by atoms with Crippen LogP contribution < -0.4 is 0 Å². The molecular formula is C29H45BrO5. The highest BCUT2D eigenvalue weighted by molar-refractivity contribution is 9.09. The van der Waals surface area contributed by atoms with Crippen LogP contribution in [0.4, 0.5) is 0 Å². The lowest BCUT2D eigenvalue weighted by Crippen LogP contribution is -2.72. The first kappa shape index (κ1) is 25.1. The largest absolute Gasteiger partial charge is 0.457 e. The molecule has 5 nitrogen and oxygen atoms in total. The van der Waals surface area contributed by atoms with Crippen LogP contribution >= 0.6 is 15.9 Å². The number of hydrogen-bond donors (Lipinski definition) is 3. The van der Waals surface area contributed by atoms with Gasteiger partial charge in [-0.2, -0.15) is 0 Å². The Labute approximate surface area is 218 Å². The highest BCUT2D eigenvalue weighted by atomic mass is 79.9. The number of aliphatic hydroxyl groups excluding tert-OH is 3. The van der Waals surface area contributed by atoms with Gasteiger partial charge in [0.2, 0.25) is 0 Å². The summed E-state index contributed by atoms with van der Waals surface area (Å²) in [5.41, 5.74) is -1.44. The van der Waals surface area contributed by atoms with Crippen molar-refractivity contribution in [1.82, 2.24) is 0 Å². The van der Waals surface area contributed by atoms with E-state index < -0.39 is 23.2 Å². The Morgan fingerprint density at radius 3 is 2.26 bits per heavy atom. The first-order valence-electron chi connectivity index (χ1n) is 14.1. The summed E-state index contributed by atoms with van der Waals surface area (Å²) in [6, 6.07) is 0. The molecule has 0 radical (unpaired) electrons. The van der Waals surface area contributed by atoms with E-state index in [1.54, 1.807) is 0 Å². The van der Waals surface area contributed by atoms with Gasteiger partial charge in [0.15, 0.2) is 0 Å². The zero-order valence-electron chi connectivity index (χ0n) is 22.1. The molecule has 5 saturated carbocycles. The van der Waals surface area contributed by atoms with Crippen LogP contribution in [0.2, 0.25) is 0 Å². The van der Waals surface area contributed by atoms with Crippen molar-refractivity contribution in [1.29, 1.82) is 0 Å². The summed E-state index contributed by atoms with van der Waals surface area (Å²) in [5, 5.41) is 32.4. The van der Waals surface area contributed by atoms with Gasteiger partial charge >= 0.3 is 5.97 Å². The van der Waals surface area contributed by atoms with Gasteiger partial charge in [0, 0.05) is 17.3 Å². The van der Waals surface area contributed by atoms with Crippen molar-refractivity contribution in [2.45, 2.75) is 115 Å². The van der Waals surface area contributed by atoms with Gasteiger partial charge in [-0.05, 0) is 85.9 Å². The number of fused-ring (bicyclic) bond motifs is 4. The molecule has 198 valence electrons. The molecule has 6 heteroatoms. The lowest BCUT2D eigenvalue weighted by Gasteiger charge is -2.71. The maximum Gasteiger partial charge on any atom is 0.313 e. The maximum absolute atomic E-state index is 13.6. The van der Waals surface area contributed by atoms with Crippen LogP contribution in [-0.2, 0) is 9.53 Å². The van der Waals surface area contributed by atoms with Crippen molar-refractivity contribution >= 4 is 21.9 Å². The smallest absolute Gasteiger partial charge is 0.313 e. The molecule has 6 rings (SSSR count). The number of rotatable bonds is 1. The van der Waals surface area contributed by atoms with Crippen LogP contribution in [0.25, 0.3) is 0 Å². The SMILES string of the molecule is CC1(C)CC[C@@]23CCC4C(OC2=O)(C(Br)CC2[C@@]4(C)CCC4[C@]2(C)C[C@@H](O)[C@H](O)[C@@]4(C)CO)C3C1. The van der Waals surface area contributed by atoms with Crippen LogP contribution in [0.1, 0.15) is 92.4 Å². The Bertz CT molecular complexity index is 938. The van der Waals surface area contributed by atoms with Crippen LogP contribution in [0.3, 0.4) is 0 Å². The molecule has 6 aliphatic rings. The lowest BCUT2D eigenvalue weighted by molar-refractivity contribution is -0.266. The van der Waals surface area contributed by atoms with Gasteiger partial charge in [0.05, 0.1) is 29.1 Å². The standard InChI is InChI=1S/C29H45BrO5/c1-24(2)10-11-28-9-7-18-25(3)8-6-17-26(4,13-16(32)22(33)27(17,5)15-31)19(25)12-21(30)29(18,20(28)14-24)35-23(28)34/h16-22,31-33H,6-15H2,1-5H3/t16-,17?,18?,19?,20?,21?,22+,25+,26+,27+,28-,29?/m1/s1. The summed E-state index contributed by atoms with van der Waals surface area (Å²) in [5.74, 6) is 1.09. The summed E-state index contributed by atoms with van der Waals surface area (Å²) in [6.45, 7) is 11.3. The number of aliphatic hydroxyl groups is 3. The minimum Gasteiger partial charge on any atom is -0.457 e. The third-order valence-corrected chi connectivity index (χ3v) is 14.3. The molecule has 0 amide bonds. The summed E-state index contributed by atoms with van der Waals surface area (Å²) in [7, 11) is 0. The van der Waals surface area contributed by atoms with Gasteiger partial charge in [-0.25, -0.2) is 0 Å². The molecule has 1 spiro atoms. The number of halogens is 1. The third-order valence-electron chi connectivity index (χ3n) is 13.2. The number of hydrogen-bond acceptors (Lipinski definition) is 5. The number of carbonyl (C=O) groups is 1. The van der Waals surface area contributed by atoms with E-state index in [9.17, 15) is 20.1 Å². The van der Waals surface area contributed by atoms with Crippen LogP contribution in [0.5, 0.6) is 0 Å². The summed E-state index contributed by atoms with van der Waals surface area (Å²) < 4.78 is 6.69. The lowest BCUT2D eigenvalue weighted by atomic mass is 9.34. The number of esters is 1. The van der Waals surface area contributed by atoms with Crippen molar-refractivity contribution in [3.05, 3.63) is 0 Å². The minimum absolute atomic E-state index is 0.00767. The minimum atomic E-state index is -0.903. The monoisotopic (exact) mass is 552 g/mol. The second-order valence-electron chi connectivity index (χ2n) is 15.2. The number of carbonyl (C=O) groups excluding carboxylic acids is 1. The van der Waals surface area contributed by atoms with E-state index in [4.69, 9.17) is 4.74 Å². The quantitative estimate of drug-likeness (QED) is 0.320. The van der Waals surface area contributed by atoms with Crippen LogP contribution in [0.15, 0.2) is 0 Å². The average molecular weight is 554 g/mol. The molecule has 6 unspecified atom stereocenters. The zero-order valence-corrected chi connectivity index (χ0v) is 23.7. The fraction of sp³-hybridized carbons (Fsp3) is 0.966. The molecule has 3 N–H and O–H groups in total. The zero-order chi connectivity index (χ0) is 25.4. The van der Waals surface area contributed by atoms with E-state index in [1.165, 1.54) is 0 Å². The van der Waals surface area contributed by atoms with Gasteiger partial charge < -0.3 is 20.1 Å². The molecule has 35 heavy (non-hydrogen) atoms. The van der Waals surface area contributed by atoms with Crippen molar-refractivity contribution in [2.24, 2.45) is 50.7 Å². The van der Waals surface area contributed by atoms with Crippen molar-refractivity contribution in [3.63, 3.8) is 0 Å². The molecule has 0 aromatic heterocycles. The molecule has 6 fully saturated rings. The molecule has 1 aliphatic heterocycles. The van der Waals surface area contributed by atoms with Gasteiger partial charge in [0.25, 0.3) is 0 Å². The van der Waals surface area contributed by atoms with Gasteiger partial charge in [-0.1, -0.05) is 50.5 Å². The second-order valence-corrected chi connectivity index (χ2v) is 16.3. The predicted molar refractivity (Wildman–Crippen MR) is 137 cm³/mol. The van der Waals surface area contributed by atoms with Crippen molar-refractivity contribution < 1.29 is 24.9 Å². The van der Waals surface area contributed by atoms with Crippen molar-refractivity contribution in [2.75, 3.05) is 6.61 Å². The Morgan fingerprint density at radius 2 is 1.57 bits per heavy atom. The van der Waals surface area contributed by atoms with Crippen molar-refractivity contribution in [3.8, 4) is 0 Å². The average Bonchev–Trinajstić information content (AvgIpc) is 2.93. The Morgan fingerprint density at radius 1 is 0.886 bits per heavy atom. The van der Waals surface area contributed by atoms with Gasteiger partial charge in [-0.3, -0.25) is 4.79 Å². The molecule has 12 atom stereocenters. The molecule has 2 bridgehead atoms. The third kappa shape index (κ3) is 2.79. The van der Waals surface area contributed by atoms with Crippen LogP contribution in [0, 0.1) is 50.7 Å². The van der Waals surface area contributed by atoms with E-state index >= 15 is 0 Å². The molecule has 0 aromatic carbocycles. The topological polar surface area (TPSA) is 87.0 Å². The van der Waals surface area contributed by atoms with Crippen LogP contribution in [-0.4, -0.2) is 50.5 Å². The Hall–Kier alpha value is -0.170. The summed E-state index contributed by atoms with van der Waals surface area (Å²) in [4.78, 5) is 13.7. The maximum atomic E-state index is 13.6. The number of alkyl halides is 1. The second kappa shape index (κ2) is 7.27. The van der Waals surface area contributed by atoms with E-state index in [2.05, 4.69) is 43.6 Å². The fourth-order valence-corrected chi connectivity index (χ4v) is 12.6. The van der Waals surface area contributed by atoms with E-state index in [-0.39, 0.29) is 50.9 Å². The first-order valence-corrected chi connectivity index (χ1v) is 15.0. The fourth-order valence-electron chi connectivity index (χ4n) is 11.5. The molecule has 5 aliphatic carbocycles. The predicted octanol–water partition coefficient (Wildman–Crippen LogP) is 4.83. The Kier molecular flexibility index (Phi) is 5.22. The number of ether oxygens (including phenoxy) is 1. The summed E-state index contributed by atoms with van der Waals surface area (Å²) in [6.07, 6.45) is 6.75. The van der Waals surface area contributed by atoms with E-state index in [0.717, 1.165) is 51.4 Å². The first-order chi connectivity index (χ1) is 16.2.